The Morgan fingerprint density at radius 1 is 0.477 bits per heavy atom. The third kappa shape index (κ3) is 15.8. The molecule has 0 spiro atoms. The van der Waals surface area contributed by atoms with Crippen molar-refractivity contribution < 1.29 is 77.4 Å². The molecule has 0 amide bonds. The van der Waals surface area contributed by atoms with Crippen LogP contribution in [0.5, 0.6) is 23.0 Å². The first-order chi connectivity index (χ1) is 61.9. The van der Waals surface area contributed by atoms with E-state index >= 15 is 0 Å². The predicted molar refractivity (Wildman–Crippen MR) is 471 cm³/mol. The first kappa shape index (κ1) is 85.8. The number of aliphatic hydroxyl groups is 8. The number of aromatic nitrogens is 12. The molecule has 17 atom stereocenters. The summed E-state index contributed by atoms with van der Waals surface area (Å²) in [7, 11) is 0. The Bertz CT molecular complexity index is 6440. The zero-order valence-electron chi connectivity index (χ0n) is 71.7. The number of pyridine rings is 3. The summed E-state index contributed by atoms with van der Waals surface area (Å²) >= 11 is 0. The van der Waals surface area contributed by atoms with Gasteiger partial charge in [0, 0.05) is 167 Å². The molecule has 4 saturated carbocycles. The standard InChI is InChI=1S/C26H29N5O3.C25H26N4O4.C23H26FN3O3.C22H24F2N4O3/c1-14-3-7-28-26-17(14)5-8-31(26)21-10-23(25(33)24(21)32)34-22-9-19(16-11-29-30-12-16)15(2)18-4-6-27-13-20(18)22;1-14-2-6-28-25-17(14)4-7-29(25)19-10-21(24(31)23(19)30)33-20-9-16(22-12-27-13-32-22)8-15-3-5-26-11-18(15)20;1-12-4-3-5-15-18(7-6-16(24)20(12)15)30-19-10-17(21(28)22(19)29)27-9-8-14-13(2)25-11-26-23(14)27;1-10-9-28(22-18(10)14(25)3-5-27-22)15-7-17(21(30)20(15)29)31-16-6-13(23)19(24)11-2-4-26-8-12(11)16/h3,5,7-9,11-12,21,23-25,27,32-33H,4,6,10,13H2,1-2H3,(H,29,30);2,4,6-9,12-13,19,21,23-24,26,30-31H,3,5,10-11H2,1H3;6-9,11-12,17,19,21-22,28-29H,3-5,10H2,1-2H3;3,5-6,9,15,17,20-21,26,29-30H,2,4,7-8H2,1H3,(H2,25,27). The summed E-state index contributed by atoms with van der Waals surface area (Å²) in [6, 6.07) is 20.3. The maximum Gasteiger partial charge on any atom is 0.181 e. The molecule has 14 N–H and O–H groups in total. The Morgan fingerprint density at radius 3 is 1.59 bits per heavy atom. The van der Waals surface area contributed by atoms with Crippen molar-refractivity contribution in [3.63, 3.8) is 0 Å². The van der Waals surface area contributed by atoms with Crippen molar-refractivity contribution in [1.82, 2.24) is 74.3 Å². The Labute approximate surface area is 734 Å². The minimum atomic E-state index is -1.20. The lowest BCUT2D eigenvalue weighted by Crippen LogP contribution is -2.35. The largest absolute Gasteiger partial charge is 0.487 e. The van der Waals surface area contributed by atoms with Crippen LogP contribution in [0.1, 0.15) is 148 Å². The third-order valence-electron chi connectivity index (χ3n) is 27.7. The molecule has 4 aromatic carbocycles. The van der Waals surface area contributed by atoms with Gasteiger partial charge in [-0.2, -0.15) is 5.10 Å². The number of ether oxygens (including phenoxy) is 4. The van der Waals surface area contributed by atoms with Gasteiger partial charge in [0.05, 0.1) is 42.3 Å². The summed E-state index contributed by atoms with van der Waals surface area (Å²) in [5, 5.41) is 108. The van der Waals surface area contributed by atoms with Gasteiger partial charge in [0.2, 0.25) is 0 Å². The first-order valence-corrected chi connectivity index (χ1v) is 44.0. The van der Waals surface area contributed by atoms with Crippen LogP contribution in [0.25, 0.3) is 66.6 Å². The number of benzene rings is 4. The number of aromatic amines is 1. The van der Waals surface area contributed by atoms with Crippen molar-refractivity contribution in [2.45, 2.75) is 229 Å². The van der Waals surface area contributed by atoms with Gasteiger partial charge in [0.15, 0.2) is 23.8 Å². The van der Waals surface area contributed by atoms with Gasteiger partial charge in [-0.25, -0.2) is 43.1 Å². The molecular formula is C96H105F3N16O13. The van der Waals surface area contributed by atoms with Gasteiger partial charge in [-0.05, 0) is 210 Å². The van der Waals surface area contributed by atoms with Gasteiger partial charge in [-0.1, -0.05) is 6.92 Å². The lowest BCUT2D eigenvalue weighted by Gasteiger charge is -2.27. The van der Waals surface area contributed by atoms with E-state index in [-0.39, 0.29) is 42.0 Å². The normalized spacial score (nSPS) is 25.8. The highest BCUT2D eigenvalue weighted by Crippen LogP contribution is 2.47. The predicted octanol–water partition coefficient (Wildman–Crippen LogP) is 11.0. The lowest BCUT2D eigenvalue weighted by molar-refractivity contribution is -0.0167. The van der Waals surface area contributed by atoms with Crippen LogP contribution >= 0.6 is 0 Å². The number of nitrogens with two attached hydrogens (primary N) is 1. The molecule has 5 aliphatic carbocycles. The Kier molecular flexibility index (Phi) is 23.7. The van der Waals surface area contributed by atoms with E-state index < -0.39 is 90.9 Å². The van der Waals surface area contributed by atoms with Crippen molar-refractivity contribution >= 4 is 49.8 Å². The van der Waals surface area contributed by atoms with Gasteiger partial charge in [-0.3, -0.25) is 5.10 Å². The smallest absolute Gasteiger partial charge is 0.181 e. The van der Waals surface area contributed by atoms with E-state index in [1.807, 2.05) is 122 Å². The fourth-order valence-corrected chi connectivity index (χ4v) is 20.8. The molecule has 3 aliphatic heterocycles. The highest BCUT2D eigenvalue weighted by molar-refractivity contribution is 5.92. The monoisotopic (exact) mass is 1750 g/mol. The molecule has 0 saturated heterocycles. The van der Waals surface area contributed by atoms with Crippen molar-refractivity contribution in [1.29, 1.82) is 0 Å². The van der Waals surface area contributed by atoms with Gasteiger partial charge < -0.3 is 104 Å². The molecule has 4 fully saturated rings. The van der Waals surface area contributed by atoms with Crippen LogP contribution in [0, 0.1) is 52.1 Å². The van der Waals surface area contributed by atoms with Gasteiger partial charge >= 0.3 is 0 Å². The Morgan fingerprint density at radius 2 is 1.00 bits per heavy atom. The van der Waals surface area contributed by atoms with Crippen molar-refractivity contribution in [3.8, 4) is 45.4 Å². The van der Waals surface area contributed by atoms with E-state index in [0.29, 0.717) is 85.0 Å². The fourth-order valence-electron chi connectivity index (χ4n) is 20.8. The van der Waals surface area contributed by atoms with Gasteiger partial charge in [0.25, 0.3) is 0 Å². The molecule has 0 radical (unpaired) electrons. The topological polar surface area (TPSA) is 400 Å². The van der Waals surface area contributed by atoms with E-state index in [9.17, 15) is 54.0 Å². The number of nitrogens with zero attached hydrogens (tertiary/aromatic N) is 11. The van der Waals surface area contributed by atoms with Crippen LogP contribution in [0.2, 0.25) is 0 Å². The number of H-pyrrole nitrogens is 1. The lowest BCUT2D eigenvalue weighted by atomic mass is 9.83. The molecule has 14 aromatic rings. The van der Waals surface area contributed by atoms with Gasteiger partial charge in [0.1, 0.15) is 131 Å². The minimum Gasteiger partial charge on any atom is -0.487 e. The highest BCUT2D eigenvalue weighted by Gasteiger charge is 2.50. The number of rotatable bonds is 14. The van der Waals surface area contributed by atoms with Crippen LogP contribution in [0.15, 0.2) is 152 Å². The summed E-state index contributed by atoms with van der Waals surface area (Å²) in [5.74, 6) is 1.06. The second-order valence-electron chi connectivity index (χ2n) is 35.3. The van der Waals surface area contributed by atoms with Crippen LogP contribution < -0.4 is 40.6 Å². The number of fused-ring (bicyclic) bond motifs is 8. The average molecular weight is 1750 g/mol. The van der Waals surface area contributed by atoms with E-state index in [1.54, 1.807) is 41.5 Å². The minimum absolute atomic E-state index is 0.151. The molecule has 32 heteroatoms. The molecule has 10 aromatic heterocycles. The molecule has 13 heterocycles. The van der Waals surface area contributed by atoms with Crippen molar-refractivity contribution in [2.75, 3.05) is 25.4 Å². The summed E-state index contributed by atoms with van der Waals surface area (Å²) in [5.41, 5.74) is 25.0. The number of aliphatic hydroxyl groups excluding tert-OH is 8. The summed E-state index contributed by atoms with van der Waals surface area (Å²) in [6.45, 7) is 16.2. The van der Waals surface area contributed by atoms with E-state index in [1.165, 1.54) is 35.5 Å². The molecule has 17 unspecified atom stereocenters. The third-order valence-corrected chi connectivity index (χ3v) is 27.7. The molecular weight excluding hydrogens is 1640 g/mol. The maximum atomic E-state index is 14.4. The maximum absolute atomic E-state index is 14.4. The SMILES string of the molecule is Cc1c(-c2cn[nH]c2)cc(OC2CC(n3ccc4c(C)ccnc43)C(O)C2O)c2c1CCNC2.Cc1ccnc2c1ccn2C1CC(Oc2cc(-c3cnco3)cc3c2CNCC3)C(O)C1O.Cc1cn(C2CC(Oc3cc(F)c(F)c4c3CNCC4)C(O)C2O)c2nccc(N)c12.Cc1ncnc2c1ccn2C1CC(Oc2ccc(F)c3c2CCCC3C)C(O)C1O. The zero-order valence-corrected chi connectivity index (χ0v) is 71.7. The first-order valence-electron chi connectivity index (χ1n) is 44.0. The zero-order chi connectivity index (χ0) is 88.8. The number of oxazole rings is 1. The molecule has 8 aliphatic rings. The number of hydrogen-bond acceptors (Lipinski definition) is 24. The number of hydrogen-bond donors (Lipinski definition) is 13. The summed E-state index contributed by atoms with van der Waals surface area (Å²) < 4.78 is 81.0. The Balaban J connectivity index is 0.000000111. The Hall–Kier alpha value is -11.7. The molecule has 22 rings (SSSR count). The molecule has 0 bridgehead atoms. The van der Waals surface area contributed by atoms with Crippen LogP contribution in [-0.2, 0) is 45.3 Å². The van der Waals surface area contributed by atoms with Gasteiger partial charge in [-0.15, -0.1) is 0 Å². The number of aryl methyl sites for hydroxylation is 4. The molecule has 668 valence electrons. The summed E-state index contributed by atoms with van der Waals surface area (Å²) in [6.07, 6.45) is 16.8. The quantitative estimate of drug-likeness (QED) is 0.0481. The van der Waals surface area contributed by atoms with E-state index in [4.69, 9.17) is 29.1 Å². The second-order valence-corrected chi connectivity index (χ2v) is 35.3. The van der Waals surface area contributed by atoms with Crippen LogP contribution in [0.4, 0.5) is 18.9 Å². The average Bonchev–Trinajstić information content (AvgIpc) is 1.62. The summed E-state index contributed by atoms with van der Waals surface area (Å²) in [4.78, 5) is 26.1. The molecule has 128 heavy (non-hydrogen) atoms. The number of nitrogens with one attached hydrogen (secondary N) is 4. The molecule has 29 nitrogen and oxygen atoms in total. The van der Waals surface area contributed by atoms with Crippen molar-refractivity contribution in [3.05, 3.63) is 237 Å². The van der Waals surface area contributed by atoms with Crippen molar-refractivity contribution in [2.24, 2.45) is 0 Å². The van der Waals surface area contributed by atoms with Crippen LogP contribution in [0.3, 0.4) is 0 Å². The fraction of sp³-hybridized carbons (Fsp3) is 0.406. The van der Waals surface area contributed by atoms with E-state index in [0.717, 1.165) is 163 Å². The van der Waals surface area contributed by atoms with E-state index in [2.05, 4.69) is 75.1 Å². The number of halogens is 3. The second kappa shape index (κ2) is 35.4. The number of nitrogen functional groups attached to an aromatic ring is 1. The number of anilines is 1. The van der Waals surface area contributed by atoms with Crippen LogP contribution in [-0.4, -0.2) is 192 Å². The highest BCUT2D eigenvalue weighted by atomic mass is 19.2.